The van der Waals surface area contributed by atoms with Crippen LogP contribution in [0.5, 0.6) is 11.5 Å². The number of aromatic hydroxyl groups is 2. The first-order valence-electron chi connectivity index (χ1n) is 8.76. The molecule has 132 valence electrons. The van der Waals surface area contributed by atoms with E-state index in [2.05, 4.69) is 24.3 Å². The standard InChI is InChI=1S/C24H19O2P/c25-21-15-8-7-14-20(21)24-22(26)16-9-17-23(24)27(18-10-3-1-4-11-18)19-12-5-2-6-13-19/h1-17,25-26H. The molecule has 0 heterocycles. The van der Waals surface area contributed by atoms with Gasteiger partial charge in [0, 0.05) is 11.1 Å². The first kappa shape index (κ1) is 17.3. The minimum absolute atomic E-state index is 0.163. The fraction of sp³-hybridized carbons (Fsp3) is 0. The molecule has 4 aromatic carbocycles. The molecule has 0 aromatic heterocycles. The lowest BCUT2D eigenvalue weighted by Gasteiger charge is -2.23. The number of phenols is 2. The van der Waals surface area contributed by atoms with Crippen molar-refractivity contribution < 1.29 is 10.2 Å². The lowest BCUT2D eigenvalue weighted by atomic mass is 10.0. The van der Waals surface area contributed by atoms with Crippen molar-refractivity contribution in [2.45, 2.75) is 0 Å². The fourth-order valence-corrected chi connectivity index (χ4v) is 5.75. The van der Waals surface area contributed by atoms with Crippen LogP contribution in [0, 0.1) is 0 Å². The van der Waals surface area contributed by atoms with Crippen LogP contribution in [0.2, 0.25) is 0 Å². The van der Waals surface area contributed by atoms with Gasteiger partial charge >= 0.3 is 0 Å². The molecule has 2 N–H and O–H groups in total. The highest BCUT2D eigenvalue weighted by atomic mass is 31.1. The second-order valence-electron chi connectivity index (χ2n) is 6.19. The zero-order valence-electron chi connectivity index (χ0n) is 14.7. The second-order valence-corrected chi connectivity index (χ2v) is 8.38. The Balaban J connectivity index is 2.00. The van der Waals surface area contributed by atoms with Gasteiger partial charge in [0.1, 0.15) is 11.5 Å². The Hall–Kier alpha value is -3.09. The Labute approximate surface area is 160 Å². The molecule has 0 unspecified atom stereocenters. The van der Waals surface area contributed by atoms with Crippen molar-refractivity contribution in [1.29, 1.82) is 0 Å². The molecule has 0 aliphatic heterocycles. The van der Waals surface area contributed by atoms with Crippen molar-refractivity contribution in [2.75, 3.05) is 0 Å². The summed E-state index contributed by atoms with van der Waals surface area (Å²) in [6.45, 7) is 0. The van der Waals surface area contributed by atoms with Crippen LogP contribution in [0.4, 0.5) is 0 Å². The van der Waals surface area contributed by atoms with Gasteiger partial charge in [-0.1, -0.05) is 91.0 Å². The maximum Gasteiger partial charge on any atom is 0.124 e. The third-order valence-electron chi connectivity index (χ3n) is 4.46. The van der Waals surface area contributed by atoms with Crippen LogP contribution in [-0.2, 0) is 0 Å². The van der Waals surface area contributed by atoms with Crippen molar-refractivity contribution in [2.24, 2.45) is 0 Å². The highest BCUT2D eigenvalue weighted by Gasteiger charge is 2.23. The van der Waals surface area contributed by atoms with Gasteiger partial charge in [0.25, 0.3) is 0 Å². The van der Waals surface area contributed by atoms with Gasteiger partial charge in [0.05, 0.1) is 0 Å². The van der Waals surface area contributed by atoms with Crippen molar-refractivity contribution >= 4 is 23.8 Å². The summed E-state index contributed by atoms with van der Waals surface area (Å²) in [5, 5.41) is 24.6. The monoisotopic (exact) mass is 370 g/mol. The molecular weight excluding hydrogens is 351 g/mol. The number of hydrogen-bond donors (Lipinski definition) is 2. The summed E-state index contributed by atoms with van der Waals surface area (Å²) >= 11 is 0. The summed E-state index contributed by atoms with van der Waals surface area (Å²) < 4.78 is 0. The number of para-hydroxylation sites is 1. The topological polar surface area (TPSA) is 40.5 Å². The van der Waals surface area contributed by atoms with E-state index in [1.807, 2.05) is 60.7 Å². The molecule has 0 aliphatic rings. The number of hydrogen-bond acceptors (Lipinski definition) is 2. The van der Waals surface area contributed by atoms with Crippen molar-refractivity contribution in [3.05, 3.63) is 103 Å². The molecule has 4 rings (SSSR count). The van der Waals surface area contributed by atoms with Crippen LogP contribution >= 0.6 is 7.92 Å². The second kappa shape index (κ2) is 7.65. The molecule has 4 aromatic rings. The lowest BCUT2D eigenvalue weighted by molar-refractivity contribution is 0.469. The van der Waals surface area contributed by atoms with Crippen LogP contribution in [0.25, 0.3) is 11.1 Å². The summed E-state index contributed by atoms with van der Waals surface area (Å²) in [7, 11) is -0.890. The Bertz CT molecular complexity index is 1010. The number of rotatable bonds is 4. The average molecular weight is 370 g/mol. The van der Waals surface area contributed by atoms with Crippen LogP contribution in [0.3, 0.4) is 0 Å². The predicted octanol–water partition coefficient (Wildman–Crippen LogP) is 4.52. The Morgan fingerprint density at radius 2 is 1.00 bits per heavy atom. The third-order valence-corrected chi connectivity index (χ3v) is 6.95. The average Bonchev–Trinajstić information content (AvgIpc) is 2.71. The van der Waals surface area contributed by atoms with Crippen molar-refractivity contribution in [3.63, 3.8) is 0 Å². The van der Waals surface area contributed by atoms with E-state index in [-0.39, 0.29) is 11.5 Å². The molecule has 0 aliphatic carbocycles. The molecule has 0 atom stereocenters. The fourth-order valence-electron chi connectivity index (χ4n) is 3.26. The summed E-state index contributed by atoms with van der Waals surface area (Å²) in [6, 6.07) is 33.4. The first-order chi connectivity index (χ1) is 13.3. The molecule has 0 radical (unpaired) electrons. The van der Waals surface area contributed by atoms with Crippen LogP contribution in [0.1, 0.15) is 0 Å². The maximum atomic E-state index is 10.7. The van der Waals surface area contributed by atoms with Crippen LogP contribution in [0.15, 0.2) is 103 Å². The summed E-state index contributed by atoms with van der Waals surface area (Å²) in [6.07, 6.45) is 0. The molecule has 0 saturated heterocycles. The van der Waals surface area contributed by atoms with Crippen molar-refractivity contribution in [3.8, 4) is 22.6 Å². The molecule has 0 spiro atoms. The van der Waals surface area contributed by atoms with Gasteiger partial charge in [-0.15, -0.1) is 0 Å². The van der Waals surface area contributed by atoms with Gasteiger partial charge in [-0.25, -0.2) is 0 Å². The molecule has 3 heteroatoms. The summed E-state index contributed by atoms with van der Waals surface area (Å²) in [5.41, 5.74) is 1.33. The first-order valence-corrected chi connectivity index (χ1v) is 10.1. The SMILES string of the molecule is Oc1ccccc1-c1c(O)cccc1P(c1ccccc1)c1ccccc1. The zero-order chi connectivity index (χ0) is 18.6. The van der Waals surface area contributed by atoms with Gasteiger partial charge in [-0.3, -0.25) is 0 Å². The third kappa shape index (κ3) is 3.45. The minimum atomic E-state index is -0.890. The zero-order valence-corrected chi connectivity index (χ0v) is 15.6. The maximum absolute atomic E-state index is 10.7. The van der Waals surface area contributed by atoms with Crippen molar-refractivity contribution in [1.82, 2.24) is 0 Å². The quantitative estimate of drug-likeness (QED) is 0.519. The van der Waals surface area contributed by atoms with Crippen LogP contribution < -0.4 is 15.9 Å². The molecule has 0 bridgehead atoms. The van der Waals surface area contributed by atoms with E-state index in [0.29, 0.717) is 11.1 Å². The molecule has 27 heavy (non-hydrogen) atoms. The summed E-state index contributed by atoms with van der Waals surface area (Å²) in [5.74, 6) is 0.338. The number of benzene rings is 4. The summed E-state index contributed by atoms with van der Waals surface area (Å²) in [4.78, 5) is 0. The van der Waals surface area contributed by atoms with E-state index in [1.54, 1.807) is 18.2 Å². The van der Waals surface area contributed by atoms with E-state index in [4.69, 9.17) is 0 Å². The highest BCUT2D eigenvalue weighted by Crippen LogP contribution is 2.42. The highest BCUT2D eigenvalue weighted by molar-refractivity contribution is 7.80. The Morgan fingerprint density at radius 3 is 1.59 bits per heavy atom. The molecule has 0 fully saturated rings. The Kier molecular flexibility index (Phi) is 4.91. The molecule has 0 saturated carbocycles. The van der Waals surface area contributed by atoms with Gasteiger partial charge < -0.3 is 10.2 Å². The van der Waals surface area contributed by atoms with E-state index < -0.39 is 7.92 Å². The minimum Gasteiger partial charge on any atom is -0.507 e. The van der Waals surface area contributed by atoms with E-state index in [9.17, 15) is 10.2 Å². The van der Waals surface area contributed by atoms with Gasteiger partial charge in [-0.2, -0.15) is 0 Å². The normalized spacial score (nSPS) is 10.9. The molecular formula is C24H19O2P. The van der Waals surface area contributed by atoms with Gasteiger partial charge in [0.2, 0.25) is 0 Å². The Morgan fingerprint density at radius 1 is 0.481 bits per heavy atom. The van der Waals surface area contributed by atoms with Gasteiger partial charge in [-0.05, 0) is 36.0 Å². The number of phenolic OH excluding ortho intramolecular Hbond substituents is 2. The van der Waals surface area contributed by atoms with E-state index in [1.165, 1.54) is 10.6 Å². The van der Waals surface area contributed by atoms with Gasteiger partial charge in [0.15, 0.2) is 0 Å². The smallest absolute Gasteiger partial charge is 0.124 e. The van der Waals surface area contributed by atoms with E-state index >= 15 is 0 Å². The van der Waals surface area contributed by atoms with E-state index in [0.717, 1.165) is 5.30 Å². The van der Waals surface area contributed by atoms with Crippen LogP contribution in [-0.4, -0.2) is 10.2 Å². The molecule has 0 amide bonds. The predicted molar refractivity (Wildman–Crippen MR) is 114 cm³/mol. The largest absolute Gasteiger partial charge is 0.507 e. The molecule has 2 nitrogen and oxygen atoms in total. The lowest BCUT2D eigenvalue weighted by Crippen LogP contribution is -2.22.